The van der Waals surface area contributed by atoms with E-state index in [-0.39, 0.29) is 5.69 Å². The molecular weight excluding hydrogens is 368 g/mol. The Kier molecular flexibility index (Phi) is 5.23. The zero-order valence-corrected chi connectivity index (χ0v) is 15.9. The summed E-state index contributed by atoms with van der Waals surface area (Å²) < 4.78 is 26.6. The molecule has 1 aliphatic heterocycles. The van der Waals surface area contributed by atoms with Crippen molar-refractivity contribution in [1.29, 1.82) is 0 Å². The Bertz CT molecular complexity index is 972. The molecule has 0 bridgehead atoms. The van der Waals surface area contributed by atoms with Crippen molar-refractivity contribution in [2.45, 2.75) is 26.8 Å². The van der Waals surface area contributed by atoms with Crippen molar-refractivity contribution in [3.05, 3.63) is 76.0 Å². The summed E-state index contributed by atoms with van der Waals surface area (Å²) in [5.74, 6) is -2.42. The molecule has 3 N–H and O–H groups in total. The molecule has 4 nitrogen and oxygen atoms in total. The monoisotopic (exact) mass is 387 g/mol. The Morgan fingerprint density at radius 3 is 2.44 bits per heavy atom. The van der Waals surface area contributed by atoms with Gasteiger partial charge in [0.25, 0.3) is 5.91 Å². The summed E-state index contributed by atoms with van der Waals surface area (Å²) in [6, 6.07) is 8.69. The number of halogens is 2. The van der Waals surface area contributed by atoms with Crippen LogP contribution < -0.4 is 16.0 Å². The van der Waals surface area contributed by atoms with Gasteiger partial charge in [-0.05, 0) is 61.8 Å². The van der Waals surface area contributed by atoms with Crippen LogP contribution in [0.25, 0.3) is 0 Å². The summed E-state index contributed by atoms with van der Waals surface area (Å²) in [5, 5.41) is 9.10. The molecule has 3 rings (SSSR count). The molecular formula is C20H19F2N3OS. The van der Waals surface area contributed by atoms with Gasteiger partial charge in [0.15, 0.2) is 16.7 Å². The van der Waals surface area contributed by atoms with Crippen LogP contribution in [0.4, 0.5) is 14.5 Å². The smallest absolute Gasteiger partial charge is 0.255 e. The van der Waals surface area contributed by atoms with Crippen LogP contribution in [-0.2, 0) is 4.79 Å². The highest BCUT2D eigenvalue weighted by molar-refractivity contribution is 7.80. The average Bonchev–Trinajstić information content (AvgIpc) is 2.59. The highest BCUT2D eigenvalue weighted by atomic mass is 32.1. The van der Waals surface area contributed by atoms with Crippen molar-refractivity contribution in [2.24, 2.45) is 0 Å². The molecule has 0 fully saturated rings. The number of anilines is 1. The zero-order valence-electron chi connectivity index (χ0n) is 15.1. The molecule has 0 saturated carbocycles. The topological polar surface area (TPSA) is 53.2 Å². The molecule has 140 valence electrons. The molecule has 0 aliphatic carbocycles. The number of carbonyl (C=O) groups is 1. The molecule has 0 radical (unpaired) electrons. The van der Waals surface area contributed by atoms with E-state index in [1.54, 1.807) is 6.92 Å². The van der Waals surface area contributed by atoms with Crippen molar-refractivity contribution in [2.75, 3.05) is 5.32 Å². The van der Waals surface area contributed by atoms with Gasteiger partial charge in [0.05, 0.1) is 11.6 Å². The lowest BCUT2D eigenvalue weighted by molar-refractivity contribution is -0.113. The second-order valence-corrected chi connectivity index (χ2v) is 6.91. The van der Waals surface area contributed by atoms with Gasteiger partial charge in [0.1, 0.15) is 0 Å². The largest absolute Gasteiger partial charge is 0.351 e. The second-order valence-electron chi connectivity index (χ2n) is 6.50. The number of hydrogen-bond donors (Lipinski definition) is 3. The van der Waals surface area contributed by atoms with E-state index in [1.165, 1.54) is 6.07 Å². The van der Waals surface area contributed by atoms with Gasteiger partial charge in [-0.15, -0.1) is 0 Å². The van der Waals surface area contributed by atoms with E-state index >= 15 is 0 Å². The van der Waals surface area contributed by atoms with Crippen LogP contribution in [0.2, 0.25) is 0 Å². The Morgan fingerprint density at radius 2 is 1.78 bits per heavy atom. The van der Waals surface area contributed by atoms with Crippen molar-refractivity contribution in [1.82, 2.24) is 10.6 Å². The number of benzene rings is 2. The summed E-state index contributed by atoms with van der Waals surface area (Å²) in [7, 11) is 0. The number of amides is 1. The number of thiocarbonyl (C=S) groups is 1. The Labute approximate surface area is 161 Å². The molecule has 27 heavy (non-hydrogen) atoms. The molecule has 0 aromatic heterocycles. The van der Waals surface area contributed by atoms with Crippen LogP contribution in [0.5, 0.6) is 0 Å². The van der Waals surface area contributed by atoms with Crippen molar-refractivity contribution < 1.29 is 13.6 Å². The fraction of sp³-hybridized carbons (Fsp3) is 0.200. The molecule has 0 saturated heterocycles. The molecule has 2 aromatic carbocycles. The maximum atomic E-state index is 13.4. The van der Waals surface area contributed by atoms with Crippen LogP contribution >= 0.6 is 12.2 Å². The third kappa shape index (κ3) is 3.98. The lowest BCUT2D eigenvalue weighted by Crippen LogP contribution is -2.45. The van der Waals surface area contributed by atoms with Gasteiger partial charge >= 0.3 is 0 Å². The van der Waals surface area contributed by atoms with E-state index in [4.69, 9.17) is 12.2 Å². The molecule has 1 unspecified atom stereocenters. The first-order valence-corrected chi connectivity index (χ1v) is 8.79. The van der Waals surface area contributed by atoms with Gasteiger partial charge < -0.3 is 16.0 Å². The summed E-state index contributed by atoms with van der Waals surface area (Å²) in [4.78, 5) is 12.9. The number of aryl methyl sites for hydroxylation is 2. The first-order chi connectivity index (χ1) is 12.8. The maximum Gasteiger partial charge on any atom is 0.255 e. The fourth-order valence-corrected chi connectivity index (χ4v) is 3.23. The first kappa shape index (κ1) is 19.0. The van der Waals surface area contributed by atoms with Crippen LogP contribution in [0, 0.1) is 25.5 Å². The zero-order chi connectivity index (χ0) is 19.7. The van der Waals surface area contributed by atoms with Crippen molar-refractivity contribution >= 4 is 28.9 Å². The van der Waals surface area contributed by atoms with Crippen LogP contribution in [0.3, 0.4) is 0 Å². The third-order valence-corrected chi connectivity index (χ3v) is 4.78. The highest BCUT2D eigenvalue weighted by Gasteiger charge is 2.30. The normalized spacial score (nSPS) is 16.6. The number of allylic oxidation sites excluding steroid dienone is 1. The minimum atomic E-state index is -1.02. The third-order valence-electron chi connectivity index (χ3n) is 4.56. The van der Waals surface area contributed by atoms with Gasteiger partial charge in [0.2, 0.25) is 0 Å². The van der Waals surface area contributed by atoms with Crippen molar-refractivity contribution in [3.8, 4) is 0 Å². The lowest BCUT2D eigenvalue weighted by atomic mass is 9.92. The van der Waals surface area contributed by atoms with E-state index in [0.717, 1.165) is 28.8 Å². The molecule has 2 aromatic rings. The van der Waals surface area contributed by atoms with E-state index in [9.17, 15) is 13.6 Å². The molecule has 1 amide bonds. The second kappa shape index (κ2) is 7.44. The highest BCUT2D eigenvalue weighted by Crippen LogP contribution is 2.29. The number of rotatable bonds is 3. The molecule has 1 atom stereocenters. The number of nitrogens with one attached hydrogen (secondary N) is 3. The van der Waals surface area contributed by atoms with E-state index < -0.39 is 23.6 Å². The minimum absolute atomic E-state index is 0.172. The predicted molar refractivity (Wildman–Crippen MR) is 105 cm³/mol. The number of hydrogen-bond acceptors (Lipinski definition) is 2. The maximum absolute atomic E-state index is 13.4. The Balaban J connectivity index is 1.96. The molecule has 7 heteroatoms. The standard InChI is InChI=1S/C20H19F2N3OS/c1-10-4-5-13(8-11(10)2)18-17(12(3)23-20(27)25-18)19(26)24-14-6-7-15(21)16(22)9-14/h4-9,18H,1-3H3,(H,24,26)(H2,23,25,27). The van der Waals surface area contributed by atoms with E-state index in [2.05, 4.69) is 16.0 Å². The Morgan fingerprint density at radius 1 is 1.04 bits per heavy atom. The fourth-order valence-electron chi connectivity index (χ4n) is 2.96. The summed E-state index contributed by atoms with van der Waals surface area (Å²) in [5.41, 5.74) is 4.32. The van der Waals surface area contributed by atoms with Gasteiger partial charge in [-0.25, -0.2) is 8.78 Å². The minimum Gasteiger partial charge on any atom is -0.351 e. The van der Waals surface area contributed by atoms with E-state index in [0.29, 0.717) is 16.4 Å². The molecule has 1 aliphatic rings. The van der Waals surface area contributed by atoms with Crippen molar-refractivity contribution in [3.63, 3.8) is 0 Å². The summed E-state index contributed by atoms with van der Waals surface area (Å²) in [6.45, 7) is 5.76. The van der Waals surface area contributed by atoms with Gasteiger partial charge in [-0.2, -0.15) is 0 Å². The summed E-state index contributed by atoms with van der Waals surface area (Å²) in [6.07, 6.45) is 0. The van der Waals surface area contributed by atoms with Crippen LogP contribution in [-0.4, -0.2) is 11.0 Å². The molecule has 0 spiro atoms. The van der Waals surface area contributed by atoms with Crippen LogP contribution in [0.1, 0.15) is 29.7 Å². The number of carbonyl (C=O) groups excluding carboxylic acids is 1. The Hall–Kier alpha value is -2.80. The van der Waals surface area contributed by atoms with Crippen LogP contribution in [0.15, 0.2) is 47.7 Å². The molecule has 1 heterocycles. The van der Waals surface area contributed by atoms with Gasteiger partial charge in [-0.3, -0.25) is 4.79 Å². The first-order valence-electron chi connectivity index (χ1n) is 8.38. The van der Waals surface area contributed by atoms with E-state index in [1.807, 2.05) is 32.0 Å². The predicted octanol–water partition coefficient (Wildman–Crippen LogP) is 4.01. The summed E-state index contributed by atoms with van der Waals surface area (Å²) >= 11 is 5.24. The SMILES string of the molecule is CC1=C(C(=O)Nc2ccc(F)c(F)c2)C(c2ccc(C)c(C)c2)NC(=S)N1. The van der Waals surface area contributed by atoms with Gasteiger partial charge in [0, 0.05) is 17.5 Å². The quantitative estimate of drug-likeness (QED) is 0.697. The average molecular weight is 387 g/mol. The lowest BCUT2D eigenvalue weighted by Gasteiger charge is -2.30. The van der Waals surface area contributed by atoms with Gasteiger partial charge in [-0.1, -0.05) is 18.2 Å².